The number of hydrogen-bond acceptors (Lipinski definition) is 7. The fourth-order valence-electron chi connectivity index (χ4n) is 3.89. The third-order valence-electron chi connectivity index (χ3n) is 5.76. The van der Waals surface area contributed by atoms with E-state index in [0.717, 1.165) is 4.31 Å². The lowest BCUT2D eigenvalue weighted by molar-refractivity contribution is -0.140. The molecule has 1 aliphatic heterocycles. The van der Waals surface area contributed by atoms with Gasteiger partial charge in [0.05, 0.1) is 16.5 Å². The molecule has 192 valence electrons. The van der Waals surface area contributed by atoms with E-state index >= 15 is 0 Å². The van der Waals surface area contributed by atoms with Crippen molar-refractivity contribution < 1.29 is 32.6 Å². The number of carbonyl (C=O) groups excluding carboxylic acids is 2. The fraction of sp³-hybridized carbons (Fsp3) is 0.308. The van der Waals surface area contributed by atoms with Crippen LogP contribution in [0, 0.1) is 0 Å². The number of likely N-dealkylation sites (tertiary alicyclic amines) is 1. The lowest BCUT2D eigenvalue weighted by atomic mass is 9.95. The van der Waals surface area contributed by atoms with Gasteiger partial charge in [0.1, 0.15) is 18.1 Å². The summed E-state index contributed by atoms with van der Waals surface area (Å²) in [7, 11) is 0.719. The summed E-state index contributed by atoms with van der Waals surface area (Å²) in [6, 6.07) is 11.6. The fourth-order valence-corrected chi connectivity index (χ4v) is 4.79. The number of ketones is 1. The van der Waals surface area contributed by atoms with Crippen molar-refractivity contribution in [3.63, 3.8) is 0 Å². The van der Waals surface area contributed by atoms with Gasteiger partial charge in [-0.3, -0.25) is 9.59 Å². The molecule has 0 bridgehead atoms. The molecule has 0 unspecified atom stereocenters. The third-order valence-corrected chi connectivity index (χ3v) is 7.59. The number of amides is 1. The molecule has 3 rings (SSSR count). The third kappa shape index (κ3) is 5.51. The van der Waals surface area contributed by atoms with Crippen molar-refractivity contribution in [2.45, 2.75) is 17.4 Å². The molecule has 0 radical (unpaired) electrons. The number of Topliss-reactive ketones (excluding diaryl/α,β-unsaturated/α-hetero) is 1. The van der Waals surface area contributed by atoms with Crippen molar-refractivity contribution in [2.24, 2.45) is 0 Å². The van der Waals surface area contributed by atoms with E-state index in [2.05, 4.69) is 6.58 Å². The summed E-state index contributed by atoms with van der Waals surface area (Å²) in [4.78, 5) is 27.5. The minimum Gasteiger partial charge on any atom is -0.507 e. The molecular formula is C26H30N2O7S. The van der Waals surface area contributed by atoms with E-state index in [1.54, 1.807) is 37.5 Å². The highest BCUT2D eigenvalue weighted by Gasteiger charge is 2.45. The molecule has 1 N–H and O–H groups in total. The Morgan fingerprint density at radius 1 is 1.11 bits per heavy atom. The molecular weight excluding hydrogens is 484 g/mol. The van der Waals surface area contributed by atoms with Crippen LogP contribution in [0.5, 0.6) is 5.75 Å². The molecule has 1 amide bonds. The summed E-state index contributed by atoms with van der Waals surface area (Å²) in [5, 5.41) is 11.2. The zero-order valence-electron chi connectivity index (χ0n) is 20.5. The van der Waals surface area contributed by atoms with E-state index in [1.807, 2.05) is 0 Å². The van der Waals surface area contributed by atoms with Gasteiger partial charge in [0.15, 0.2) is 0 Å². The predicted molar refractivity (Wildman–Crippen MR) is 135 cm³/mol. The van der Waals surface area contributed by atoms with Gasteiger partial charge in [0, 0.05) is 39.9 Å². The lowest BCUT2D eigenvalue weighted by Crippen LogP contribution is -2.31. The molecule has 0 aliphatic carbocycles. The molecule has 1 fully saturated rings. The first-order chi connectivity index (χ1) is 17.1. The predicted octanol–water partition coefficient (Wildman–Crippen LogP) is 2.96. The van der Waals surface area contributed by atoms with Gasteiger partial charge in [-0.15, -0.1) is 0 Å². The van der Waals surface area contributed by atoms with Crippen LogP contribution in [0.25, 0.3) is 5.76 Å². The monoisotopic (exact) mass is 514 g/mol. The highest BCUT2D eigenvalue weighted by atomic mass is 32.2. The van der Waals surface area contributed by atoms with Gasteiger partial charge in [-0.1, -0.05) is 24.8 Å². The molecule has 10 heteroatoms. The Labute approximate surface area is 211 Å². The number of sulfonamides is 1. The van der Waals surface area contributed by atoms with E-state index < -0.39 is 27.8 Å². The number of aliphatic hydroxyl groups excluding tert-OH is 1. The van der Waals surface area contributed by atoms with Crippen LogP contribution < -0.4 is 4.74 Å². The van der Waals surface area contributed by atoms with Crippen molar-refractivity contribution in [2.75, 3.05) is 41.0 Å². The van der Waals surface area contributed by atoms with Crippen LogP contribution in [-0.4, -0.2) is 75.4 Å². The molecule has 1 aliphatic rings. The Morgan fingerprint density at radius 3 is 2.31 bits per heavy atom. The van der Waals surface area contributed by atoms with Crippen molar-refractivity contribution in [1.82, 2.24) is 9.21 Å². The molecule has 1 atom stereocenters. The summed E-state index contributed by atoms with van der Waals surface area (Å²) in [6.45, 7) is 4.58. The van der Waals surface area contributed by atoms with Gasteiger partial charge in [-0.2, -0.15) is 0 Å². The first-order valence-electron chi connectivity index (χ1n) is 11.3. The number of benzene rings is 2. The largest absolute Gasteiger partial charge is 0.507 e. The first kappa shape index (κ1) is 27.1. The number of methoxy groups -OCH3 is 1. The highest BCUT2D eigenvalue weighted by Crippen LogP contribution is 2.40. The van der Waals surface area contributed by atoms with E-state index in [0.29, 0.717) is 30.9 Å². The lowest BCUT2D eigenvalue weighted by Gasteiger charge is -2.25. The van der Waals surface area contributed by atoms with E-state index in [-0.39, 0.29) is 28.3 Å². The van der Waals surface area contributed by atoms with Crippen molar-refractivity contribution in [3.05, 3.63) is 77.9 Å². The van der Waals surface area contributed by atoms with Crippen LogP contribution in [0.15, 0.2) is 71.7 Å². The average molecular weight is 515 g/mol. The number of nitrogens with zero attached hydrogens (tertiary/aromatic N) is 2. The van der Waals surface area contributed by atoms with E-state index in [1.165, 1.54) is 43.3 Å². The van der Waals surface area contributed by atoms with Crippen molar-refractivity contribution in [1.29, 1.82) is 0 Å². The minimum absolute atomic E-state index is 0.0377. The maximum absolute atomic E-state index is 13.1. The number of aliphatic hydroxyl groups is 1. The number of carbonyl (C=O) groups is 2. The van der Waals surface area contributed by atoms with Gasteiger partial charge in [0.25, 0.3) is 11.7 Å². The number of hydrogen-bond donors (Lipinski definition) is 1. The maximum Gasteiger partial charge on any atom is 0.295 e. The van der Waals surface area contributed by atoms with Gasteiger partial charge in [0.2, 0.25) is 10.0 Å². The van der Waals surface area contributed by atoms with Crippen LogP contribution in [0.2, 0.25) is 0 Å². The maximum atomic E-state index is 13.1. The van der Waals surface area contributed by atoms with Gasteiger partial charge >= 0.3 is 0 Å². The van der Waals surface area contributed by atoms with Gasteiger partial charge in [-0.25, -0.2) is 12.7 Å². The van der Waals surface area contributed by atoms with E-state index in [9.17, 15) is 23.1 Å². The zero-order chi connectivity index (χ0) is 26.5. The standard InChI is InChI=1S/C26H30N2O7S/c1-5-16-35-20-11-7-18(8-12-20)23-22(25(30)26(31)28(23)15-6-17-34-4)24(29)19-9-13-21(14-10-19)36(32,33)27(2)3/h5,7-14,23,29H,1,6,15-17H2,2-4H3/b24-22+/t23-/m0/s1. The Balaban J connectivity index is 2.07. The van der Waals surface area contributed by atoms with Crippen LogP contribution in [0.3, 0.4) is 0 Å². The molecule has 36 heavy (non-hydrogen) atoms. The highest BCUT2D eigenvalue weighted by molar-refractivity contribution is 7.89. The van der Waals surface area contributed by atoms with Crippen LogP contribution in [0.4, 0.5) is 0 Å². The Kier molecular flexibility index (Phi) is 8.67. The van der Waals surface area contributed by atoms with Gasteiger partial charge in [-0.05, 0) is 48.4 Å². The second-order valence-electron chi connectivity index (χ2n) is 8.32. The molecule has 0 spiro atoms. The molecule has 0 saturated carbocycles. The second kappa shape index (κ2) is 11.5. The van der Waals surface area contributed by atoms with Crippen LogP contribution >= 0.6 is 0 Å². The van der Waals surface area contributed by atoms with E-state index in [4.69, 9.17) is 9.47 Å². The van der Waals surface area contributed by atoms with Crippen molar-refractivity contribution in [3.8, 4) is 5.75 Å². The number of rotatable bonds is 11. The van der Waals surface area contributed by atoms with Gasteiger partial charge < -0.3 is 19.5 Å². The molecule has 0 aromatic heterocycles. The Hall–Kier alpha value is -3.47. The van der Waals surface area contributed by atoms with Crippen LogP contribution in [0.1, 0.15) is 23.6 Å². The summed E-state index contributed by atoms with van der Waals surface area (Å²) < 4.78 is 36.5. The smallest absolute Gasteiger partial charge is 0.295 e. The minimum atomic E-state index is -3.67. The summed E-state index contributed by atoms with van der Waals surface area (Å²) in [5.41, 5.74) is 0.768. The Morgan fingerprint density at radius 2 is 1.75 bits per heavy atom. The molecule has 9 nitrogen and oxygen atoms in total. The molecule has 1 saturated heterocycles. The molecule has 2 aromatic rings. The number of ether oxygens (including phenoxy) is 2. The SMILES string of the molecule is C=CCOc1ccc([C@H]2/C(=C(\O)c3ccc(S(=O)(=O)N(C)C)cc3)C(=O)C(=O)N2CCCOC)cc1. The quantitative estimate of drug-likeness (QED) is 0.161. The normalized spacial score (nSPS) is 17.6. The average Bonchev–Trinajstić information content (AvgIpc) is 3.12. The first-order valence-corrected chi connectivity index (χ1v) is 12.7. The molecule has 1 heterocycles. The second-order valence-corrected chi connectivity index (χ2v) is 10.5. The molecule has 2 aromatic carbocycles. The summed E-state index contributed by atoms with van der Waals surface area (Å²) in [5.74, 6) is -1.33. The Bertz CT molecular complexity index is 1250. The topological polar surface area (TPSA) is 113 Å². The summed E-state index contributed by atoms with van der Waals surface area (Å²) >= 11 is 0. The summed E-state index contributed by atoms with van der Waals surface area (Å²) in [6.07, 6.45) is 2.12. The van der Waals surface area contributed by atoms with Crippen molar-refractivity contribution >= 4 is 27.5 Å². The zero-order valence-corrected chi connectivity index (χ0v) is 21.3. The van der Waals surface area contributed by atoms with Crippen LogP contribution in [-0.2, 0) is 24.3 Å².